The molecule has 0 bridgehead atoms. The van der Waals surface area contributed by atoms with E-state index in [1.807, 2.05) is 0 Å². The number of benzene rings is 1. The summed E-state index contributed by atoms with van der Waals surface area (Å²) in [5.41, 5.74) is -1.94. The molecule has 1 atom stereocenters. The molecule has 0 saturated carbocycles. The Morgan fingerprint density at radius 3 is 2.48 bits per heavy atom. The number of halogens is 2. The number of nitrogens with one attached hydrogen (secondary N) is 1. The molecule has 0 fully saturated rings. The van der Waals surface area contributed by atoms with E-state index in [4.69, 9.17) is 4.74 Å². The SMILES string of the molecule is C.C#C.CCN1C(=O)c2c([O-])c(=O)c(C(=O)NCc3ccc(F)cc3F)cn2CC1OC.[Na+]. The summed E-state index contributed by atoms with van der Waals surface area (Å²) in [5, 5.41) is 14.8. The van der Waals surface area contributed by atoms with Crippen LogP contribution in [0.1, 0.15) is 40.8 Å². The van der Waals surface area contributed by atoms with Gasteiger partial charge in [0.25, 0.3) is 11.8 Å². The van der Waals surface area contributed by atoms with Crippen molar-refractivity contribution in [3.63, 3.8) is 0 Å². The largest absolute Gasteiger partial charge is 1.00 e. The average molecular weight is 471 g/mol. The van der Waals surface area contributed by atoms with Crippen molar-refractivity contribution in [3.8, 4) is 18.6 Å². The van der Waals surface area contributed by atoms with Crippen molar-refractivity contribution < 1.29 is 57.8 Å². The van der Waals surface area contributed by atoms with E-state index < -0.39 is 46.4 Å². The molecule has 1 unspecified atom stereocenters. The molecule has 1 aliphatic rings. The molecule has 1 aliphatic heterocycles. The number of rotatable bonds is 5. The molecule has 3 rings (SSSR count). The summed E-state index contributed by atoms with van der Waals surface area (Å²) in [7, 11) is 1.40. The molecule has 0 saturated heterocycles. The topological polar surface area (TPSA) is 104 Å². The Kier molecular flexibility index (Phi) is 12.0. The number of pyridine rings is 1. The first-order valence-corrected chi connectivity index (χ1v) is 9.12. The van der Waals surface area contributed by atoms with Gasteiger partial charge in [0.2, 0.25) is 0 Å². The molecule has 2 amide bonds. The minimum Gasteiger partial charge on any atom is -0.868 e. The number of methoxy groups -OCH3 is 1. The first-order valence-electron chi connectivity index (χ1n) is 9.12. The number of ether oxygens (including phenoxy) is 1. The van der Waals surface area contributed by atoms with Gasteiger partial charge in [0.05, 0.1) is 6.54 Å². The number of carbonyl (C=O) groups excluding carboxylic acids is 2. The summed E-state index contributed by atoms with van der Waals surface area (Å²) in [6.45, 7) is 1.73. The summed E-state index contributed by atoms with van der Waals surface area (Å²) in [4.78, 5) is 38.7. The second-order valence-corrected chi connectivity index (χ2v) is 6.40. The zero-order valence-electron chi connectivity index (χ0n) is 17.9. The van der Waals surface area contributed by atoms with Crippen LogP contribution in [0.4, 0.5) is 8.78 Å². The van der Waals surface area contributed by atoms with Crippen LogP contribution in [-0.2, 0) is 17.8 Å². The van der Waals surface area contributed by atoms with Gasteiger partial charge < -0.3 is 24.6 Å². The van der Waals surface area contributed by atoms with Crippen molar-refractivity contribution in [3.05, 3.63) is 63.1 Å². The number of hydrogen-bond donors (Lipinski definition) is 1. The Labute approximate surface area is 212 Å². The molecule has 2 aromatic rings. The Morgan fingerprint density at radius 2 is 1.94 bits per heavy atom. The first kappa shape index (κ1) is 30.3. The molecule has 1 aromatic heterocycles. The van der Waals surface area contributed by atoms with E-state index >= 15 is 0 Å². The minimum atomic E-state index is -1.13. The van der Waals surface area contributed by atoms with Crippen molar-refractivity contribution in [2.75, 3.05) is 13.7 Å². The van der Waals surface area contributed by atoms with Crippen molar-refractivity contribution in [2.24, 2.45) is 0 Å². The number of fused-ring (bicyclic) bond motifs is 1. The van der Waals surface area contributed by atoms with Gasteiger partial charge in [0.15, 0.2) is 5.43 Å². The van der Waals surface area contributed by atoms with Gasteiger partial charge in [-0.25, -0.2) is 8.78 Å². The van der Waals surface area contributed by atoms with Gasteiger partial charge in [0, 0.05) is 38.0 Å². The molecule has 2 heterocycles. The predicted octanol–water partition coefficient (Wildman–Crippen LogP) is -1.53. The van der Waals surface area contributed by atoms with Gasteiger partial charge in [-0.15, -0.1) is 12.8 Å². The summed E-state index contributed by atoms with van der Waals surface area (Å²) >= 11 is 0. The third-order valence-electron chi connectivity index (χ3n) is 4.71. The molecule has 33 heavy (non-hydrogen) atoms. The molecule has 0 aliphatic carbocycles. The number of hydrogen-bond acceptors (Lipinski definition) is 5. The van der Waals surface area contributed by atoms with E-state index in [1.54, 1.807) is 6.92 Å². The van der Waals surface area contributed by atoms with E-state index in [2.05, 4.69) is 18.2 Å². The van der Waals surface area contributed by atoms with Crippen molar-refractivity contribution in [1.29, 1.82) is 0 Å². The second-order valence-electron chi connectivity index (χ2n) is 6.40. The van der Waals surface area contributed by atoms with Crippen LogP contribution < -0.4 is 45.4 Å². The van der Waals surface area contributed by atoms with Crippen molar-refractivity contribution in [2.45, 2.75) is 33.7 Å². The number of carbonyl (C=O) groups is 2. The van der Waals surface area contributed by atoms with Crippen LogP contribution in [0.25, 0.3) is 0 Å². The van der Waals surface area contributed by atoms with Gasteiger partial charge >= 0.3 is 29.6 Å². The maximum absolute atomic E-state index is 13.7. The zero-order chi connectivity index (χ0) is 23.3. The molecule has 1 N–H and O–H groups in total. The molecule has 1 aromatic carbocycles. The summed E-state index contributed by atoms with van der Waals surface area (Å²) in [6, 6.07) is 2.86. The molecule has 8 nitrogen and oxygen atoms in total. The van der Waals surface area contributed by atoms with Crippen LogP contribution in [0.15, 0.2) is 29.2 Å². The van der Waals surface area contributed by atoms with Crippen LogP contribution in [-0.4, -0.2) is 41.2 Å². The molecule has 172 valence electrons. The molecule has 0 radical (unpaired) electrons. The Bertz CT molecular complexity index is 1090. The maximum atomic E-state index is 13.7. The summed E-state index contributed by atoms with van der Waals surface area (Å²) in [5.74, 6) is -4.28. The van der Waals surface area contributed by atoms with Crippen molar-refractivity contribution in [1.82, 2.24) is 14.8 Å². The van der Waals surface area contributed by atoms with Crippen LogP contribution in [0, 0.1) is 24.5 Å². The Balaban J connectivity index is 0.00000249. The predicted molar refractivity (Wildman–Crippen MR) is 112 cm³/mol. The fraction of sp³-hybridized carbons (Fsp3) is 0.318. The third kappa shape index (κ3) is 6.21. The second kappa shape index (κ2) is 13.1. The smallest absolute Gasteiger partial charge is 0.868 e. The number of terminal acetylenes is 1. The monoisotopic (exact) mass is 471 g/mol. The van der Waals surface area contributed by atoms with Gasteiger partial charge in [-0.2, -0.15) is 0 Å². The Morgan fingerprint density at radius 1 is 1.30 bits per heavy atom. The fourth-order valence-electron chi connectivity index (χ4n) is 3.18. The molecule has 11 heteroatoms. The zero-order valence-corrected chi connectivity index (χ0v) is 19.9. The molecule has 0 spiro atoms. The fourth-order valence-corrected chi connectivity index (χ4v) is 3.18. The van der Waals surface area contributed by atoms with Crippen LogP contribution in [0.2, 0.25) is 0 Å². The number of likely N-dealkylation sites (N-methyl/N-ethyl adjacent to an activating group) is 1. The average Bonchev–Trinajstić information content (AvgIpc) is 2.76. The molecular formula is C22H24F2N3NaO5. The van der Waals surface area contributed by atoms with Gasteiger partial charge in [-0.1, -0.05) is 13.5 Å². The van der Waals surface area contributed by atoms with Crippen LogP contribution in [0.3, 0.4) is 0 Å². The van der Waals surface area contributed by atoms with Gasteiger partial charge in [-0.05, 0) is 18.7 Å². The van der Waals surface area contributed by atoms with E-state index in [9.17, 15) is 28.3 Å². The third-order valence-corrected chi connectivity index (χ3v) is 4.71. The quantitative estimate of drug-likeness (QED) is 0.421. The maximum Gasteiger partial charge on any atom is 1.00 e. The number of nitrogens with zero attached hydrogens (tertiary/aromatic N) is 2. The van der Waals surface area contributed by atoms with E-state index in [0.717, 1.165) is 18.3 Å². The first-order chi connectivity index (χ1) is 14.8. The van der Waals surface area contributed by atoms with Crippen molar-refractivity contribution >= 4 is 11.8 Å². The van der Waals surface area contributed by atoms with Crippen LogP contribution in [0.5, 0.6) is 5.75 Å². The van der Waals surface area contributed by atoms with Gasteiger partial charge in [-0.3, -0.25) is 14.4 Å². The van der Waals surface area contributed by atoms with Crippen LogP contribution >= 0.6 is 0 Å². The summed E-state index contributed by atoms with van der Waals surface area (Å²) < 4.78 is 33.1. The normalized spacial score (nSPS) is 14.1. The Hall–Kier alpha value is -2.71. The van der Waals surface area contributed by atoms with E-state index in [1.165, 1.54) is 16.6 Å². The number of amides is 2. The van der Waals surface area contributed by atoms with E-state index in [0.29, 0.717) is 6.07 Å². The van der Waals surface area contributed by atoms with Gasteiger partial charge in [0.1, 0.15) is 29.1 Å². The summed E-state index contributed by atoms with van der Waals surface area (Å²) in [6.07, 6.45) is 8.46. The number of aromatic nitrogens is 1. The standard InChI is InChI=1S/C19H19F2N3O5.C2H2.CH4.Na/c1-3-24-14(29-2)9-23-8-12(16(25)17(26)15(23)19(24)28)18(27)22-7-10-4-5-11(20)6-13(10)21;1-2;;/h4-6,8,14,26H,3,7,9H2,1-2H3,(H,22,27);1-2H;1H4;/q;;;+1/p-1. The van der Waals surface area contributed by atoms with E-state index in [-0.39, 0.29) is 67.9 Å². The minimum absolute atomic E-state index is 0. The molecular weight excluding hydrogens is 447 g/mol.